The van der Waals surface area contributed by atoms with Gasteiger partial charge in [0.25, 0.3) is 5.91 Å². The molecule has 1 heterocycles. The molecule has 0 atom stereocenters. The van der Waals surface area contributed by atoms with E-state index in [0.29, 0.717) is 0 Å². The van der Waals surface area contributed by atoms with Crippen LogP contribution in [0, 0.1) is 0 Å². The van der Waals surface area contributed by atoms with Crippen LogP contribution < -0.4 is 16.2 Å². The Hall–Kier alpha value is -3.10. The predicted octanol–water partition coefficient (Wildman–Crippen LogP) is 2.57. The number of halogens is 3. The molecule has 3 amide bonds. The fraction of sp³-hybridized carbons (Fsp3) is 0.0714. The van der Waals surface area contributed by atoms with Gasteiger partial charge >= 0.3 is 12.2 Å². The van der Waals surface area contributed by atoms with Gasteiger partial charge in [0.2, 0.25) is 0 Å². The number of rotatable bonds is 2. The number of hydrogen-bond acceptors (Lipinski definition) is 3. The minimum Gasteiger partial charge on any atom is -0.307 e. The molecule has 0 aliphatic carbocycles. The highest BCUT2D eigenvalue weighted by Crippen LogP contribution is 2.30. The SMILES string of the molecule is O=C(NNC(=O)c1cccnc1)Nc1cccc(C(F)(F)F)c1. The van der Waals surface area contributed by atoms with E-state index in [1.54, 1.807) is 0 Å². The van der Waals surface area contributed by atoms with E-state index in [-0.39, 0.29) is 11.3 Å². The molecule has 0 radical (unpaired) electrons. The average molecular weight is 324 g/mol. The van der Waals surface area contributed by atoms with Gasteiger partial charge in [0.15, 0.2) is 0 Å². The van der Waals surface area contributed by atoms with Crippen molar-refractivity contribution in [3.63, 3.8) is 0 Å². The Morgan fingerprint density at radius 2 is 1.83 bits per heavy atom. The summed E-state index contributed by atoms with van der Waals surface area (Å²) in [4.78, 5) is 27.0. The highest BCUT2D eigenvalue weighted by molar-refractivity contribution is 5.96. The summed E-state index contributed by atoms with van der Waals surface area (Å²) in [5.41, 5.74) is 3.39. The fourth-order valence-electron chi connectivity index (χ4n) is 1.62. The molecule has 23 heavy (non-hydrogen) atoms. The van der Waals surface area contributed by atoms with E-state index >= 15 is 0 Å². The molecule has 0 bridgehead atoms. The lowest BCUT2D eigenvalue weighted by atomic mass is 10.2. The number of amides is 3. The van der Waals surface area contributed by atoms with Crippen molar-refractivity contribution < 1.29 is 22.8 Å². The second-order valence-electron chi connectivity index (χ2n) is 4.35. The molecule has 3 N–H and O–H groups in total. The first-order valence-corrected chi connectivity index (χ1v) is 6.31. The molecule has 2 rings (SSSR count). The number of benzene rings is 1. The molecule has 9 heteroatoms. The summed E-state index contributed by atoms with van der Waals surface area (Å²) in [6.07, 6.45) is -1.74. The number of hydrogen-bond donors (Lipinski definition) is 3. The van der Waals surface area contributed by atoms with Crippen LogP contribution in [-0.4, -0.2) is 16.9 Å². The lowest BCUT2D eigenvalue weighted by Crippen LogP contribution is -2.43. The molecule has 0 saturated carbocycles. The second kappa shape index (κ2) is 6.77. The van der Waals surface area contributed by atoms with Crippen LogP contribution in [0.4, 0.5) is 23.7 Å². The van der Waals surface area contributed by atoms with Crippen molar-refractivity contribution in [3.05, 3.63) is 59.9 Å². The van der Waals surface area contributed by atoms with Gasteiger partial charge in [0.1, 0.15) is 0 Å². The maximum absolute atomic E-state index is 12.6. The molecule has 0 spiro atoms. The van der Waals surface area contributed by atoms with E-state index in [0.717, 1.165) is 18.2 Å². The Kier molecular flexibility index (Phi) is 4.79. The number of pyridine rings is 1. The second-order valence-corrected chi connectivity index (χ2v) is 4.35. The monoisotopic (exact) mass is 324 g/mol. The summed E-state index contributed by atoms with van der Waals surface area (Å²) >= 11 is 0. The van der Waals surface area contributed by atoms with Crippen LogP contribution in [0.1, 0.15) is 15.9 Å². The van der Waals surface area contributed by atoms with Gasteiger partial charge in [-0.05, 0) is 30.3 Å². The fourth-order valence-corrected chi connectivity index (χ4v) is 1.62. The molecule has 6 nitrogen and oxygen atoms in total. The highest BCUT2D eigenvalue weighted by atomic mass is 19.4. The molecule has 1 aromatic carbocycles. The van der Waals surface area contributed by atoms with Crippen LogP contribution in [0.3, 0.4) is 0 Å². The summed E-state index contributed by atoms with van der Waals surface area (Å²) in [6, 6.07) is 6.24. The third kappa shape index (κ3) is 4.70. The number of nitrogens with one attached hydrogen (secondary N) is 3. The van der Waals surface area contributed by atoms with Crippen molar-refractivity contribution in [1.82, 2.24) is 15.8 Å². The molecule has 0 aliphatic rings. The van der Waals surface area contributed by atoms with Crippen molar-refractivity contribution in [1.29, 1.82) is 0 Å². The van der Waals surface area contributed by atoms with Crippen LogP contribution in [0.2, 0.25) is 0 Å². The summed E-state index contributed by atoms with van der Waals surface area (Å²) < 4.78 is 37.7. The lowest BCUT2D eigenvalue weighted by Gasteiger charge is -2.11. The summed E-state index contributed by atoms with van der Waals surface area (Å²) in [5, 5.41) is 2.18. The third-order valence-electron chi connectivity index (χ3n) is 2.66. The van der Waals surface area contributed by atoms with E-state index in [1.165, 1.54) is 30.6 Å². The normalized spacial score (nSPS) is 10.7. The van der Waals surface area contributed by atoms with Gasteiger partial charge in [-0.1, -0.05) is 6.07 Å². The number of hydrazine groups is 1. The first-order chi connectivity index (χ1) is 10.9. The van der Waals surface area contributed by atoms with Crippen molar-refractivity contribution in [2.45, 2.75) is 6.18 Å². The van der Waals surface area contributed by atoms with Crippen molar-refractivity contribution >= 4 is 17.6 Å². The molecular weight excluding hydrogens is 313 g/mol. The maximum Gasteiger partial charge on any atom is 0.416 e. The summed E-state index contributed by atoms with van der Waals surface area (Å²) in [5.74, 6) is -0.614. The Labute approximate surface area is 128 Å². The first-order valence-electron chi connectivity index (χ1n) is 6.31. The van der Waals surface area contributed by atoms with Gasteiger partial charge < -0.3 is 5.32 Å². The van der Waals surface area contributed by atoms with E-state index < -0.39 is 23.7 Å². The summed E-state index contributed by atoms with van der Waals surface area (Å²) in [7, 11) is 0. The zero-order chi connectivity index (χ0) is 16.9. The average Bonchev–Trinajstić information content (AvgIpc) is 2.53. The maximum atomic E-state index is 12.6. The zero-order valence-corrected chi connectivity index (χ0v) is 11.5. The number of aromatic nitrogens is 1. The molecule has 0 saturated heterocycles. The van der Waals surface area contributed by atoms with Gasteiger partial charge in [-0.2, -0.15) is 13.2 Å². The molecule has 0 aliphatic heterocycles. The van der Waals surface area contributed by atoms with Crippen molar-refractivity contribution in [2.24, 2.45) is 0 Å². The standard InChI is InChI=1S/C14H11F3N4O2/c15-14(16,17)10-4-1-5-11(7-10)19-13(23)21-20-12(22)9-3-2-6-18-8-9/h1-8H,(H,20,22)(H2,19,21,23). The molecule has 1 aromatic heterocycles. The quantitative estimate of drug-likeness (QED) is 0.743. The zero-order valence-electron chi connectivity index (χ0n) is 11.5. The minimum absolute atomic E-state index is 0.0621. The van der Waals surface area contributed by atoms with E-state index in [4.69, 9.17) is 0 Å². The van der Waals surface area contributed by atoms with Gasteiger partial charge in [0, 0.05) is 18.1 Å². The van der Waals surface area contributed by atoms with Crippen molar-refractivity contribution in [2.75, 3.05) is 5.32 Å². The third-order valence-corrected chi connectivity index (χ3v) is 2.66. The van der Waals surface area contributed by atoms with Crippen LogP contribution in [0.15, 0.2) is 48.8 Å². The molecular formula is C14H11F3N4O2. The Morgan fingerprint density at radius 3 is 2.48 bits per heavy atom. The molecule has 0 unspecified atom stereocenters. The van der Waals surface area contributed by atoms with Crippen molar-refractivity contribution in [3.8, 4) is 0 Å². The van der Waals surface area contributed by atoms with Crippen LogP contribution in [-0.2, 0) is 6.18 Å². The van der Waals surface area contributed by atoms with Crippen LogP contribution in [0.25, 0.3) is 0 Å². The lowest BCUT2D eigenvalue weighted by molar-refractivity contribution is -0.137. The van der Waals surface area contributed by atoms with E-state index in [9.17, 15) is 22.8 Å². The largest absolute Gasteiger partial charge is 0.416 e. The van der Waals surface area contributed by atoms with Crippen LogP contribution >= 0.6 is 0 Å². The van der Waals surface area contributed by atoms with Gasteiger partial charge in [-0.3, -0.25) is 15.2 Å². The van der Waals surface area contributed by atoms with Gasteiger partial charge in [-0.15, -0.1) is 0 Å². The topological polar surface area (TPSA) is 83.1 Å². The number of nitrogens with zero attached hydrogens (tertiary/aromatic N) is 1. The number of carbonyl (C=O) groups is 2. The number of alkyl halides is 3. The first kappa shape index (κ1) is 16.3. The van der Waals surface area contributed by atoms with Gasteiger partial charge in [0.05, 0.1) is 11.1 Å². The van der Waals surface area contributed by atoms with E-state index in [1.807, 2.05) is 5.43 Å². The Morgan fingerprint density at radius 1 is 1.04 bits per heavy atom. The highest BCUT2D eigenvalue weighted by Gasteiger charge is 2.30. The van der Waals surface area contributed by atoms with E-state index in [2.05, 4.69) is 15.7 Å². The predicted molar refractivity (Wildman–Crippen MR) is 75.3 cm³/mol. The molecule has 2 aromatic rings. The molecule has 0 fully saturated rings. The smallest absolute Gasteiger partial charge is 0.307 e. The Bertz CT molecular complexity index is 705. The summed E-state index contributed by atoms with van der Waals surface area (Å²) in [6.45, 7) is 0. The Balaban J connectivity index is 1.92. The molecule has 120 valence electrons. The number of carbonyl (C=O) groups excluding carboxylic acids is 2. The minimum atomic E-state index is -4.51. The number of urea groups is 1. The van der Waals surface area contributed by atoms with Crippen LogP contribution in [0.5, 0.6) is 0 Å². The van der Waals surface area contributed by atoms with Gasteiger partial charge in [-0.25, -0.2) is 10.2 Å². The number of anilines is 1.